The molecule has 0 aliphatic carbocycles. The molecular weight excluding hydrogens is 464 g/mol. The van der Waals surface area contributed by atoms with E-state index >= 15 is 0 Å². The zero-order chi connectivity index (χ0) is 26.0. The molecule has 0 amide bonds. The number of methoxy groups -OCH3 is 1. The van der Waals surface area contributed by atoms with E-state index in [0.29, 0.717) is 30.6 Å². The minimum absolute atomic E-state index is 0.118. The second-order valence-corrected chi connectivity index (χ2v) is 11.5. The fraction of sp³-hybridized carbons (Fsp3) is 0.593. The summed E-state index contributed by atoms with van der Waals surface area (Å²) in [6, 6.07) is 5.13. The first kappa shape index (κ1) is 27.3. The van der Waals surface area contributed by atoms with Crippen molar-refractivity contribution in [2.75, 3.05) is 13.7 Å². The first-order valence-electron chi connectivity index (χ1n) is 12.2. The molecular formula is C27H38N2O5S. The predicted molar refractivity (Wildman–Crippen MR) is 137 cm³/mol. The van der Waals surface area contributed by atoms with E-state index in [-0.39, 0.29) is 29.8 Å². The molecule has 1 unspecified atom stereocenters. The molecule has 1 aliphatic rings. The van der Waals surface area contributed by atoms with E-state index in [1.54, 1.807) is 30.3 Å². The van der Waals surface area contributed by atoms with Crippen LogP contribution in [0.15, 0.2) is 29.8 Å². The average Bonchev–Trinajstić information content (AvgIpc) is 3.44. The van der Waals surface area contributed by atoms with E-state index < -0.39 is 17.7 Å². The molecule has 1 N–H and O–H groups in total. The molecule has 2 aromatic rings. The Morgan fingerprint density at radius 3 is 2.54 bits per heavy atom. The number of Topliss-reactive ketones (excluding diaryl/α,β-unsaturated/α-hetero) is 1. The van der Waals surface area contributed by atoms with Gasteiger partial charge in [0.15, 0.2) is 6.23 Å². The molecule has 1 aromatic carbocycles. The van der Waals surface area contributed by atoms with Crippen LogP contribution in [0.3, 0.4) is 0 Å². The number of carboxylic acid groups (broad SMARTS) is 1. The summed E-state index contributed by atoms with van der Waals surface area (Å²) in [5, 5.41) is 13.2. The Kier molecular flexibility index (Phi) is 8.40. The van der Waals surface area contributed by atoms with Gasteiger partial charge in [-0.3, -0.25) is 9.59 Å². The maximum atomic E-state index is 14.0. The number of ketones is 1. The summed E-state index contributed by atoms with van der Waals surface area (Å²) >= 11 is 1.48. The number of carbonyl (C=O) groups excluding carboxylic acids is 1. The number of carboxylic acids is 1. The molecule has 3 rings (SSSR count). The van der Waals surface area contributed by atoms with E-state index in [2.05, 4.69) is 25.8 Å². The van der Waals surface area contributed by atoms with Crippen LogP contribution in [0.5, 0.6) is 5.75 Å². The lowest BCUT2D eigenvalue weighted by Gasteiger charge is -2.42. The van der Waals surface area contributed by atoms with Crippen LogP contribution < -0.4 is 4.74 Å². The lowest BCUT2D eigenvalue weighted by Crippen LogP contribution is -2.59. The van der Waals surface area contributed by atoms with Crippen LogP contribution in [-0.2, 0) is 14.9 Å². The largest absolute Gasteiger partial charge is 0.496 e. The van der Waals surface area contributed by atoms with Gasteiger partial charge < -0.3 is 14.6 Å². The SMILES string of the molecule is CCOC(C(=O)c1ccc(C(C)(C)C)c(OC)c1)N1[C@@H](c2nccs2)CC[C@]1(CC(C)C)C(=O)O. The van der Waals surface area contributed by atoms with Gasteiger partial charge in [-0.25, -0.2) is 9.88 Å². The molecule has 0 saturated carbocycles. The predicted octanol–water partition coefficient (Wildman–Crippen LogP) is 5.70. The van der Waals surface area contributed by atoms with Crippen LogP contribution in [0.25, 0.3) is 0 Å². The van der Waals surface area contributed by atoms with Crippen molar-refractivity contribution in [3.63, 3.8) is 0 Å². The quantitative estimate of drug-likeness (QED) is 0.417. The summed E-state index contributed by atoms with van der Waals surface area (Å²) in [6.07, 6.45) is 2.09. The maximum Gasteiger partial charge on any atom is 0.324 e. The van der Waals surface area contributed by atoms with Crippen LogP contribution in [-0.4, -0.2) is 52.2 Å². The summed E-state index contributed by atoms with van der Waals surface area (Å²) in [7, 11) is 1.59. The first-order chi connectivity index (χ1) is 16.5. The fourth-order valence-corrected chi connectivity index (χ4v) is 5.98. The van der Waals surface area contributed by atoms with E-state index in [1.807, 2.05) is 32.2 Å². The van der Waals surface area contributed by atoms with Gasteiger partial charge in [-0.2, -0.15) is 0 Å². The molecule has 3 atom stereocenters. The number of hydrogen-bond acceptors (Lipinski definition) is 7. The van der Waals surface area contributed by atoms with Crippen LogP contribution >= 0.6 is 11.3 Å². The fourth-order valence-electron chi connectivity index (χ4n) is 5.21. The third-order valence-corrected chi connectivity index (χ3v) is 7.51. The minimum atomic E-state index is -1.23. The number of carbonyl (C=O) groups is 2. The van der Waals surface area contributed by atoms with Gasteiger partial charge in [0.2, 0.25) is 5.78 Å². The molecule has 1 fully saturated rings. The molecule has 0 spiro atoms. The van der Waals surface area contributed by atoms with Crippen molar-refractivity contribution in [1.29, 1.82) is 0 Å². The Hall–Kier alpha value is -2.29. The normalized spacial score (nSPS) is 21.9. The molecule has 1 aromatic heterocycles. The highest BCUT2D eigenvalue weighted by Gasteiger charge is 2.57. The molecule has 35 heavy (non-hydrogen) atoms. The van der Waals surface area contributed by atoms with Gasteiger partial charge in [-0.05, 0) is 49.1 Å². The van der Waals surface area contributed by atoms with E-state index in [1.165, 1.54) is 11.3 Å². The maximum absolute atomic E-state index is 14.0. The number of benzene rings is 1. The molecule has 2 heterocycles. The van der Waals surface area contributed by atoms with Gasteiger partial charge in [-0.15, -0.1) is 11.3 Å². The van der Waals surface area contributed by atoms with Gasteiger partial charge in [0, 0.05) is 23.7 Å². The van der Waals surface area contributed by atoms with E-state index in [9.17, 15) is 14.7 Å². The summed E-state index contributed by atoms with van der Waals surface area (Å²) < 4.78 is 11.7. The Labute approximate surface area is 212 Å². The number of thiazole rings is 1. The molecule has 1 aliphatic heterocycles. The van der Waals surface area contributed by atoms with Crippen molar-refractivity contribution in [2.45, 2.75) is 84.0 Å². The van der Waals surface area contributed by atoms with Gasteiger partial charge in [0.05, 0.1) is 13.2 Å². The van der Waals surface area contributed by atoms with E-state index in [4.69, 9.17) is 9.47 Å². The second kappa shape index (κ2) is 10.8. The molecule has 7 nitrogen and oxygen atoms in total. The first-order valence-corrected chi connectivity index (χ1v) is 13.1. The number of aliphatic carboxylic acids is 1. The third-order valence-electron chi connectivity index (χ3n) is 6.64. The lowest BCUT2D eigenvalue weighted by atomic mass is 9.84. The lowest BCUT2D eigenvalue weighted by molar-refractivity contribution is -0.162. The number of rotatable bonds is 10. The van der Waals surface area contributed by atoms with Crippen molar-refractivity contribution >= 4 is 23.1 Å². The minimum Gasteiger partial charge on any atom is -0.496 e. The van der Waals surface area contributed by atoms with Gasteiger partial charge >= 0.3 is 5.97 Å². The Balaban J connectivity index is 2.13. The number of hydrogen-bond donors (Lipinski definition) is 1. The number of ether oxygens (including phenoxy) is 2. The van der Waals surface area contributed by atoms with E-state index in [0.717, 1.165) is 10.6 Å². The third kappa shape index (κ3) is 5.44. The topological polar surface area (TPSA) is 89.0 Å². The monoisotopic (exact) mass is 502 g/mol. The zero-order valence-electron chi connectivity index (χ0n) is 21.8. The highest BCUT2D eigenvalue weighted by Crippen LogP contribution is 2.48. The molecule has 0 bridgehead atoms. The summed E-state index contributed by atoms with van der Waals surface area (Å²) in [5.41, 5.74) is 0.0374. The van der Waals surface area contributed by atoms with Gasteiger partial charge in [-0.1, -0.05) is 46.8 Å². The standard InChI is InChI=1S/C27H38N2O5S/c1-8-34-24(22(30)18-9-10-19(26(4,5)6)21(15-18)33-7)29-20(23-28-13-14-35-23)11-12-27(29,25(31)32)16-17(2)3/h9-10,13-15,17,20,24H,8,11-12,16H2,1-7H3,(H,31,32)/t20-,24?,27+/m1/s1. The van der Waals surface area contributed by atoms with Crippen molar-refractivity contribution in [2.24, 2.45) is 5.92 Å². The molecule has 192 valence electrons. The second-order valence-electron chi connectivity index (χ2n) is 10.6. The zero-order valence-corrected chi connectivity index (χ0v) is 22.6. The van der Waals surface area contributed by atoms with Crippen molar-refractivity contribution in [1.82, 2.24) is 9.88 Å². The number of likely N-dealkylation sites (tertiary alicyclic amines) is 1. The average molecular weight is 503 g/mol. The van der Waals surface area contributed by atoms with Crippen molar-refractivity contribution in [3.05, 3.63) is 45.9 Å². The van der Waals surface area contributed by atoms with Gasteiger partial charge in [0.25, 0.3) is 0 Å². The Morgan fingerprint density at radius 2 is 2.03 bits per heavy atom. The molecule has 8 heteroatoms. The summed E-state index contributed by atoms with van der Waals surface area (Å²) in [5.74, 6) is -0.456. The summed E-state index contributed by atoms with van der Waals surface area (Å²) in [6.45, 7) is 12.4. The Morgan fingerprint density at radius 1 is 1.31 bits per heavy atom. The van der Waals surface area contributed by atoms with Crippen LogP contribution in [0.2, 0.25) is 0 Å². The smallest absolute Gasteiger partial charge is 0.324 e. The summed E-state index contributed by atoms with van der Waals surface area (Å²) in [4.78, 5) is 33.2. The van der Waals surface area contributed by atoms with Crippen molar-refractivity contribution < 1.29 is 24.2 Å². The Bertz CT molecular complexity index is 1030. The number of nitrogens with zero attached hydrogens (tertiary/aromatic N) is 2. The van der Waals surface area contributed by atoms with Crippen LogP contribution in [0.1, 0.15) is 87.8 Å². The van der Waals surface area contributed by atoms with Crippen molar-refractivity contribution in [3.8, 4) is 5.75 Å². The number of aromatic nitrogens is 1. The highest BCUT2D eigenvalue weighted by atomic mass is 32.1. The van der Waals surface area contributed by atoms with Crippen LogP contribution in [0, 0.1) is 5.92 Å². The molecule has 0 radical (unpaired) electrons. The van der Waals surface area contributed by atoms with Gasteiger partial charge in [0.1, 0.15) is 16.3 Å². The van der Waals surface area contributed by atoms with Crippen LogP contribution in [0.4, 0.5) is 0 Å². The molecule has 1 saturated heterocycles. The highest BCUT2D eigenvalue weighted by molar-refractivity contribution is 7.09.